The van der Waals surface area contributed by atoms with Crippen LogP contribution in [-0.4, -0.2) is 30.7 Å². The molecule has 2 unspecified atom stereocenters. The minimum Gasteiger partial charge on any atom is -0.497 e. The van der Waals surface area contributed by atoms with Crippen LogP contribution in [0.3, 0.4) is 0 Å². The third-order valence-electron chi connectivity index (χ3n) is 3.90. The Kier molecular flexibility index (Phi) is 5.53. The highest BCUT2D eigenvalue weighted by atomic mass is 16.6. The summed E-state index contributed by atoms with van der Waals surface area (Å²) in [5.41, 5.74) is 0.926. The zero-order valence-electron chi connectivity index (χ0n) is 13.7. The average molecular weight is 318 g/mol. The molecule has 0 radical (unpaired) electrons. The topological polar surface area (TPSA) is 69.7 Å². The highest BCUT2D eigenvalue weighted by Gasteiger charge is 2.47. The lowest BCUT2D eigenvalue weighted by molar-refractivity contribution is -0.147. The van der Waals surface area contributed by atoms with E-state index in [4.69, 9.17) is 9.47 Å². The van der Waals surface area contributed by atoms with E-state index in [0.29, 0.717) is 18.6 Å². The molecule has 124 valence electrons. The Morgan fingerprint density at radius 3 is 2.70 bits per heavy atom. The number of hydrogen-bond acceptors (Lipinski definition) is 5. The number of rotatable bonds is 7. The molecule has 1 aliphatic rings. The smallest absolute Gasteiger partial charge is 0.325 e. The molecule has 1 aliphatic heterocycles. The SMILES string of the molecule is COc1cccc(CCC(=O)C2C(=O)OC(CC(C)C)C2=O)c1. The Morgan fingerprint density at radius 1 is 1.30 bits per heavy atom. The fourth-order valence-corrected chi connectivity index (χ4v) is 2.69. The number of carbonyl (C=O) groups is 3. The molecule has 23 heavy (non-hydrogen) atoms. The molecule has 0 aromatic heterocycles. The summed E-state index contributed by atoms with van der Waals surface area (Å²) < 4.78 is 10.2. The van der Waals surface area contributed by atoms with Gasteiger partial charge in [0.05, 0.1) is 7.11 Å². The molecule has 0 bridgehead atoms. The van der Waals surface area contributed by atoms with E-state index in [1.807, 2.05) is 38.1 Å². The molecule has 0 spiro atoms. The van der Waals surface area contributed by atoms with Crippen LogP contribution in [0.5, 0.6) is 5.75 Å². The van der Waals surface area contributed by atoms with Crippen molar-refractivity contribution in [3.63, 3.8) is 0 Å². The maximum absolute atomic E-state index is 12.3. The van der Waals surface area contributed by atoms with Crippen LogP contribution in [-0.2, 0) is 25.5 Å². The molecule has 1 heterocycles. The zero-order valence-corrected chi connectivity index (χ0v) is 13.7. The molecule has 1 aromatic rings. The first-order valence-corrected chi connectivity index (χ1v) is 7.82. The van der Waals surface area contributed by atoms with Crippen LogP contribution >= 0.6 is 0 Å². The van der Waals surface area contributed by atoms with Crippen molar-refractivity contribution in [2.45, 2.75) is 39.2 Å². The fourth-order valence-electron chi connectivity index (χ4n) is 2.69. The zero-order chi connectivity index (χ0) is 17.0. The molecule has 0 saturated carbocycles. The summed E-state index contributed by atoms with van der Waals surface area (Å²) in [5, 5.41) is 0. The van der Waals surface area contributed by atoms with Crippen molar-refractivity contribution in [1.82, 2.24) is 0 Å². The molecular formula is C18H22O5. The number of carbonyl (C=O) groups excluding carboxylic acids is 3. The van der Waals surface area contributed by atoms with E-state index in [1.165, 1.54) is 0 Å². The van der Waals surface area contributed by atoms with Crippen molar-refractivity contribution < 1.29 is 23.9 Å². The lowest BCUT2D eigenvalue weighted by Gasteiger charge is -2.09. The van der Waals surface area contributed by atoms with Gasteiger partial charge in [0.1, 0.15) is 5.75 Å². The van der Waals surface area contributed by atoms with Crippen LogP contribution in [0.2, 0.25) is 0 Å². The third-order valence-corrected chi connectivity index (χ3v) is 3.90. The Balaban J connectivity index is 1.97. The van der Waals surface area contributed by atoms with Gasteiger partial charge in [0, 0.05) is 6.42 Å². The summed E-state index contributed by atoms with van der Waals surface area (Å²) in [6, 6.07) is 7.38. The predicted molar refractivity (Wildman–Crippen MR) is 84.2 cm³/mol. The van der Waals surface area contributed by atoms with Crippen LogP contribution in [0, 0.1) is 11.8 Å². The number of aryl methyl sites for hydroxylation is 1. The Bertz CT molecular complexity index is 605. The molecule has 1 saturated heterocycles. The number of methoxy groups -OCH3 is 1. The molecule has 0 aliphatic carbocycles. The van der Waals surface area contributed by atoms with E-state index in [2.05, 4.69) is 0 Å². The van der Waals surface area contributed by atoms with Gasteiger partial charge in [0.2, 0.25) is 0 Å². The maximum Gasteiger partial charge on any atom is 0.325 e. The molecule has 0 N–H and O–H groups in total. The van der Waals surface area contributed by atoms with E-state index in [1.54, 1.807) is 7.11 Å². The largest absolute Gasteiger partial charge is 0.497 e. The summed E-state index contributed by atoms with van der Waals surface area (Å²) in [6.45, 7) is 3.89. The van der Waals surface area contributed by atoms with Crippen LogP contribution in [0.1, 0.15) is 32.3 Å². The summed E-state index contributed by atoms with van der Waals surface area (Å²) >= 11 is 0. The highest BCUT2D eigenvalue weighted by Crippen LogP contribution is 2.25. The van der Waals surface area contributed by atoms with Crippen molar-refractivity contribution in [2.24, 2.45) is 11.8 Å². The van der Waals surface area contributed by atoms with Gasteiger partial charge in [-0.3, -0.25) is 14.4 Å². The minimum absolute atomic E-state index is 0.132. The summed E-state index contributed by atoms with van der Waals surface area (Å²) in [5.74, 6) is -1.76. The minimum atomic E-state index is -1.25. The molecule has 5 nitrogen and oxygen atoms in total. The first kappa shape index (κ1) is 17.2. The summed E-state index contributed by atoms with van der Waals surface area (Å²) in [7, 11) is 1.58. The van der Waals surface area contributed by atoms with E-state index < -0.39 is 18.0 Å². The van der Waals surface area contributed by atoms with E-state index in [9.17, 15) is 14.4 Å². The van der Waals surface area contributed by atoms with Crippen LogP contribution in [0.4, 0.5) is 0 Å². The number of ether oxygens (including phenoxy) is 2. The number of ketones is 2. The highest BCUT2D eigenvalue weighted by molar-refractivity contribution is 6.21. The van der Waals surface area contributed by atoms with Crippen LogP contribution in [0.25, 0.3) is 0 Å². The molecule has 1 fully saturated rings. The number of hydrogen-bond donors (Lipinski definition) is 0. The van der Waals surface area contributed by atoms with Crippen molar-refractivity contribution in [3.05, 3.63) is 29.8 Å². The van der Waals surface area contributed by atoms with Gasteiger partial charge in [-0.05, 0) is 36.5 Å². The Labute approximate surface area is 136 Å². The third kappa shape index (κ3) is 4.18. The Morgan fingerprint density at radius 2 is 2.04 bits per heavy atom. The van der Waals surface area contributed by atoms with Crippen molar-refractivity contribution >= 4 is 17.5 Å². The lowest BCUT2D eigenvalue weighted by atomic mass is 9.91. The number of cyclic esters (lactones) is 1. The van der Waals surface area contributed by atoms with Gasteiger partial charge < -0.3 is 9.47 Å². The fraction of sp³-hybridized carbons (Fsp3) is 0.500. The molecule has 0 amide bonds. The maximum atomic E-state index is 12.3. The summed E-state index contributed by atoms with van der Waals surface area (Å²) in [6.07, 6.45) is 0.285. The van der Waals surface area contributed by atoms with Gasteiger partial charge in [-0.1, -0.05) is 26.0 Å². The first-order chi connectivity index (χ1) is 10.9. The van der Waals surface area contributed by atoms with Gasteiger partial charge in [0.25, 0.3) is 0 Å². The summed E-state index contributed by atoms with van der Waals surface area (Å²) in [4.78, 5) is 36.3. The standard InChI is InChI=1S/C18H22O5/c1-11(2)9-15-17(20)16(18(21)23-15)14(19)8-7-12-5-4-6-13(10-12)22-3/h4-6,10-11,15-16H,7-9H2,1-3H3. The van der Waals surface area contributed by atoms with Crippen LogP contribution < -0.4 is 4.74 Å². The molecule has 2 atom stereocenters. The first-order valence-electron chi connectivity index (χ1n) is 7.82. The van der Waals surface area contributed by atoms with Crippen molar-refractivity contribution in [1.29, 1.82) is 0 Å². The van der Waals surface area contributed by atoms with E-state index in [0.717, 1.165) is 5.56 Å². The molecule has 2 rings (SSSR count). The van der Waals surface area contributed by atoms with E-state index in [-0.39, 0.29) is 23.9 Å². The Hall–Kier alpha value is -2.17. The second kappa shape index (κ2) is 7.40. The van der Waals surface area contributed by atoms with Crippen molar-refractivity contribution in [3.8, 4) is 5.75 Å². The normalized spacial score (nSPS) is 20.7. The molecule has 5 heteroatoms. The van der Waals surface area contributed by atoms with Gasteiger partial charge in [-0.15, -0.1) is 0 Å². The van der Waals surface area contributed by atoms with Crippen molar-refractivity contribution in [2.75, 3.05) is 7.11 Å². The van der Waals surface area contributed by atoms with E-state index >= 15 is 0 Å². The second-order valence-corrected chi connectivity index (χ2v) is 6.21. The number of esters is 1. The van der Waals surface area contributed by atoms with Gasteiger partial charge in [0.15, 0.2) is 23.6 Å². The van der Waals surface area contributed by atoms with Crippen LogP contribution in [0.15, 0.2) is 24.3 Å². The quantitative estimate of drug-likeness (QED) is 0.570. The predicted octanol–water partition coefficient (Wildman–Crippen LogP) is 2.35. The second-order valence-electron chi connectivity index (χ2n) is 6.21. The monoisotopic (exact) mass is 318 g/mol. The number of Topliss-reactive ketones (excluding diaryl/α,β-unsaturated/α-hetero) is 2. The van der Waals surface area contributed by atoms with Gasteiger partial charge >= 0.3 is 5.97 Å². The van der Waals surface area contributed by atoms with Gasteiger partial charge in [-0.2, -0.15) is 0 Å². The lowest BCUT2D eigenvalue weighted by Crippen LogP contribution is -2.28. The average Bonchev–Trinajstić information content (AvgIpc) is 2.78. The molecule has 1 aromatic carbocycles. The molecular weight excluding hydrogens is 296 g/mol. The van der Waals surface area contributed by atoms with Gasteiger partial charge in [-0.25, -0.2) is 0 Å². The number of benzene rings is 1.